The number of aliphatic imine (C=N–C) groups is 1. The number of methoxy groups -OCH3 is 1. The van der Waals surface area contributed by atoms with E-state index in [1.165, 1.54) is 12.0 Å². The first-order valence-corrected chi connectivity index (χ1v) is 11.0. The van der Waals surface area contributed by atoms with Crippen LogP contribution in [0, 0.1) is 12.3 Å². The number of carbonyl (C=O) groups is 3. The number of amides is 4. The second kappa shape index (κ2) is 10.9. The van der Waals surface area contributed by atoms with Crippen molar-refractivity contribution in [3.05, 3.63) is 52.3 Å². The van der Waals surface area contributed by atoms with Crippen LogP contribution in [0.3, 0.4) is 0 Å². The van der Waals surface area contributed by atoms with Gasteiger partial charge in [0.2, 0.25) is 0 Å². The number of hydrogen-bond donors (Lipinski definition) is 3. The second-order valence-corrected chi connectivity index (χ2v) is 8.14. The molecular formula is C25H29N5O5. The molecule has 0 radical (unpaired) electrons. The average molecular weight is 480 g/mol. The summed E-state index contributed by atoms with van der Waals surface area (Å²) in [5.74, 6) is 2.27. The zero-order valence-electron chi connectivity index (χ0n) is 20.2. The average Bonchev–Trinajstić information content (AvgIpc) is 3.30. The lowest BCUT2D eigenvalue weighted by molar-refractivity contribution is -0.124. The minimum atomic E-state index is -1.54. The summed E-state index contributed by atoms with van der Waals surface area (Å²) in [7, 11) is 3.32. The first-order valence-electron chi connectivity index (χ1n) is 11.0. The van der Waals surface area contributed by atoms with Crippen LogP contribution in [-0.4, -0.2) is 68.5 Å². The predicted molar refractivity (Wildman–Crippen MR) is 131 cm³/mol. The van der Waals surface area contributed by atoms with Gasteiger partial charge in [-0.2, -0.15) is 0 Å². The van der Waals surface area contributed by atoms with Crippen LogP contribution in [0.5, 0.6) is 5.75 Å². The Hall–Kier alpha value is -4.10. The van der Waals surface area contributed by atoms with Crippen LogP contribution in [0.15, 0.2) is 46.2 Å². The summed E-state index contributed by atoms with van der Waals surface area (Å²) in [6.07, 6.45) is 7.99. The molecular weight excluding hydrogens is 450 g/mol. The van der Waals surface area contributed by atoms with Crippen LogP contribution in [-0.2, 0) is 16.1 Å². The van der Waals surface area contributed by atoms with Gasteiger partial charge < -0.3 is 25.0 Å². The molecule has 35 heavy (non-hydrogen) atoms. The van der Waals surface area contributed by atoms with Gasteiger partial charge in [-0.15, -0.1) is 12.3 Å². The molecule has 0 unspecified atom stereocenters. The van der Waals surface area contributed by atoms with Crippen molar-refractivity contribution in [2.45, 2.75) is 25.9 Å². The number of terminal acetylenes is 1. The fourth-order valence-electron chi connectivity index (χ4n) is 3.94. The number of nitrogens with zero attached hydrogens (tertiary/aromatic N) is 2. The van der Waals surface area contributed by atoms with Crippen molar-refractivity contribution >= 4 is 24.1 Å². The maximum absolute atomic E-state index is 13.1. The molecule has 3 aliphatic rings. The first kappa shape index (κ1) is 25.5. The number of hydrogen-bond acceptors (Lipinski definition) is 7. The molecule has 184 valence electrons. The molecule has 1 aromatic carbocycles. The highest BCUT2D eigenvalue weighted by Gasteiger charge is 2.53. The number of urea groups is 1. The summed E-state index contributed by atoms with van der Waals surface area (Å²) >= 11 is 0. The number of rotatable bonds is 7. The zero-order chi connectivity index (χ0) is 25.6. The molecule has 0 aliphatic carbocycles. The molecule has 3 N–H and O–H groups in total. The molecule has 0 spiro atoms. The van der Waals surface area contributed by atoms with E-state index < -0.39 is 17.5 Å². The molecule has 1 fully saturated rings. The van der Waals surface area contributed by atoms with Gasteiger partial charge in [-0.1, -0.05) is 6.07 Å². The Morgan fingerprint density at radius 3 is 2.74 bits per heavy atom. The third-order valence-electron chi connectivity index (χ3n) is 5.69. The molecule has 4 rings (SSSR count). The fourth-order valence-corrected chi connectivity index (χ4v) is 3.94. The van der Waals surface area contributed by atoms with Gasteiger partial charge in [-0.25, -0.2) is 4.79 Å². The maximum atomic E-state index is 13.1. The fraction of sp³-hybridized carbons (Fsp3) is 0.360. The van der Waals surface area contributed by atoms with Crippen LogP contribution in [0.1, 0.15) is 29.8 Å². The van der Waals surface area contributed by atoms with Gasteiger partial charge in [0, 0.05) is 18.3 Å². The van der Waals surface area contributed by atoms with Crippen LogP contribution in [0.2, 0.25) is 0 Å². The lowest BCUT2D eigenvalue weighted by atomic mass is 9.92. The quantitative estimate of drug-likeness (QED) is 0.308. The van der Waals surface area contributed by atoms with Crippen LogP contribution >= 0.6 is 0 Å². The third kappa shape index (κ3) is 5.20. The Kier molecular flexibility index (Phi) is 7.94. The standard InChI is InChI=1S/C22H25N5O5.C3H4/c1-13-10-32-18(6-15(13)8-24-12-23-2)22(20(29)25-21(30)26-22)11-27-9-14-4-5-16(31-3)7-17(14)19(27)28;1-3-2/h4-8,23H,9-12H2,1-3H3,(H2,25,26,29,30);1H,2H3/b24-8-;/t22-;/m0./s1. The third-order valence-corrected chi connectivity index (χ3v) is 5.69. The lowest BCUT2D eigenvalue weighted by Crippen LogP contribution is -2.57. The van der Waals surface area contributed by atoms with Crippen LogP contribution in [0.25, 0.3) is 0 Å². The normalized spacial score (nSPS) is 20.9. The molecule has 4 amide bonds. The highest BCUT2D eigenvalue weighted by Crippen LogP contribution is 2.33. The Balaban J connectivity index is 0.00000108. The van der Waals surface area contributed by atoms with Crippen molar-refractivity contribution in [3.63, 3.8) is 0 Å². The Labute approximate surface area is 204 Å². The lowest BCUT2D eigenvalue weighted by Gasteiger charge is -2.34. The number of fused-ring (bicyclic) bond motifs is 1. The van der Waals surface area contributed by atoms with Gasteiger partial charge in [0.1, 0.15) is 18.1 Å². The predicted octanol–water partition coefficient (Wildman–Crippen LogP) is 1.35. The maximum Gasteiger partial charge on any atom is 0.322 e. The molecule has 1 atom stereocenters. The molecule has 3 aliphatic heterocycles. The number of ether oxygens (including phenoxy) is 2. The van der Waals surface area contributed by atoms with E-state index in [-0.39, 0.29) is 24.8 Å². The number of carbonyl (C=O) groups excluding carboxylic acids is 3. The number of benzene rings is 1. The van der Waals surface area contributed by atoms with Crippen molar-refractivity contribution in [2.24, 2.45) is 4.99 Å². The van der Waals surface area contributed by atoms with E-state index in [4.69, 9.17) is 9.47 Å². The van der Waals surface area contributed by atoms with E-state index in [1.54, 1.807) is 38.4 Å². The summed E-state index contributed by atoms with van der Waals surface area (Å²) in [4.78, 5) is 44.0. The van der Waals surface area contributed by atoms with Crippen molar-refractivity contribution in [1.29, 1.82) is 0 Å². The second-order valence-electron chi connectivity index (χ2n) is 8.14. The summed E-state index contributed by atoms with van der Waals surface area (Å²) in [6.45, 7) is 4.46. The topological polar surface area (TPSA) is 121 Å². The van der Waals surface area contributed by atoms with Crippen molar-refractivity contribution in [2.75, 3.05) is 34.0 Å². The molecule has 10 heteroatoms. The Bertz CT molecular complexity index is 1160. The van der Waals surface area contributed by atoms with E-state index in [0.29, 0.717) is 24.5 Å². The summed E-state index contributed by atoms with van der Waals surface area (Å²) in [6, 6.07) is 4.65. The van der Waals surface area contributed by atoms with E-state index in [2.05, 4.69) is 33.3 Å². The largest absolute Gasteiger partial charge is 0.497 e. The molecule has 0 saturated carbocycles. The minimum Gasteiger partial charge on any atom is -0.497 e. The monoisotopic (exact) mass is 479 g/mol. The van der Waals surface area contributed by atoms with Crippen LogP contribution < -0.4 is 20.7 Å². The highest BCUT2D eigenvalue weighted by atomic mass is 16.5. The number of allylic oxidation sites excluding steroid dienone is 2. The Morgan fingerprint density at radius 2 is 2.11 bits per heavy atom. The molecule has 1 saturated heterocycles. The van der Waals surface area contributed by atoms with Gasteiger partial charge >= 0.3 is 6.03 Å². The van der Waals surface area contributed by atoms with Gasteiger partial charge in [0.05, 0.1) is 20.3 Å². The summed E-state index contributed by atoms with van der Waals surface area (Å²) in [5.41, 5.74) is 1.52. The highest BCUT2D eigenvalue weighted by molar-refractivity contribution is 6.10. The summed E-state index contributed by atoms with van der Waals surface area (Å²) < 4.78 is 11.1. The molecule has 0 aromatic heterocycles. The van der Waals surface area contributed by atoms with Gasteiger partial charge in [-0.05, 0) is 55.8 Å². The van der Waals surface area contributed by atoms with E-state index in [9.17, 15) is 14.4 Å². The molecule has 0 bridgehead atoms. The van der Waals surface area contributed by atoms with Gasteiger partial charge in [0.15, 0.2) is 5.54 Å². The van der Waals surface area contributed by atoms with Crippen molar-refractivity contribution in [3.8, 4) is 18.1 Å². The molecule has 3 heterocycles. The Morgan fingerprint density at radius 1 is 1.37 bits per heavy atom. The van der Waals surface area contributed by atoms with E-state index in [0.717, 1.165) is 16.7 Å². The molecule has 1 aromatic rings. The van der Waals surface area contributed by atoms with Crippen LogP contribution in [0.4, 0.5) is 4.79 Å². The number of nitrogens with one attached hydrogen (secondary N) is 3. The smallest absolute Gasteiger partial charge is 0.322 e. The SMILES string of the molecule is C#CC.CNC/N=C\C1=C(C)COC([C@]2(CN3Cc4ccc(OC)cc4C3=O)NC(=O)NC2=O)=C1. The van der Waals surface area contributed by atoms with Crippen molar-refractivity contribution < 1.29 is 23.9 Å². The van der Waals surface area contributed by atoms with Gasteiger partial charge in [-0.3, -0.25) is 19.9 Å². The molecule has 10 nitrogen and oxygen atoms in total. The van der Waals surface area contributed by atoms with Gasteiger partial charge in [0.25, 0.3) is 11.8 Å². The van der Waals surface area contributed by atoms with Crippen molar-refractivity contribution in [1.82, 2.24) is 20.9 Å². The van der Waals surface area contributed by atoms with E-state index >= 15 is 0 Å². The number of imide groups is 1. The summed E-state index contributed by atoms with van der Waals surface area (Å²) in [5, 5.41) is 7.91. The van der Waals surface area contributed by atoms with E-state index in [1.807, 2.05) is 13.0 Å². The zero-order valence-corrected chi connectivity index (χ0v) is 20.2. The minimum absolute atomic E-state index is 0.0772. The first-order chi connectivity index (χ1) is 16.8.